The Morgan fingerprint density at radius 2 is 1.65 bits per heavy atom. The van der Waals surface area contributed by atoms with Crippen molar-refractivity contribution in [2.24, 2.45) is 16.2 Å². The molecule has 1 aliphatic heterocycles. The largest absolute Gasteiger partial charge is 0.461 e. The Balaban J connectivity index is 2.37. The van der Waals surface area contributed by atoms with Crippen LogP contribution in [0, 0.1) is 16.2 Å². The highest BCUT2D eigenvalue weighted by molar-refractivity contribution is 7.86. The van der Waals surface area contributed by atoms with Crippen molar-refractivity contribution in [3.63, 3.8) is 0 Å². The minimum absolute atomic E-state index is 0.0198. The summed E-state index contributed by atoms with van der Waals surface area (Å²) in [6.07, 6.45) is 1.71. The van der Waals surface area contributed by atoms with E-state index in [0.717, 1.165) is 6.42 Å². The first-order valence-electron chi connectivity index (χ1n) is 6.95. The van der Waals surface area contributed by atoms with Crippen molar-refractivity contribution < 1.29 is 21.8 Å². The van der Waals surface area contributed by atoms with Crippen LogP contribution < -0.4 is 0 Å². The molecule has 0 aromatic rings. The summed E-state index contributed by atoms with van der Waals surface area (Å²) < 4.78 is 40.2. The highest BCUT2D eigenvalue weighted by Crippen LogP contribution is 2.59. The first-order chi connectivity index (χ1) is 8.83. The fourth-order valence-corrected chi connectivity index (χ4v) is 5.64. The molecule has 1 saturated heterocycles. The van der Waals surface area contributed by atoms with Crippen LogP contribution in [-0.4, -0.2) is 26.2 Å². The fourth-order valence-electron chi connectivity index (χ4n) is 4.86. The highest BCUT2D eigenvalue weighted by atomic mass is 32.3. The fraction of sp³-hybridized carbons (Fsp3) is 0.929. The minimum atomic E-state index is -4.66. The molecule has 1 spiro atoms. The van der Waals surface area contributed by atoms with Crippen molar-refractivity contribution in [3.05, 3.63) is 0 Å². The molecule has 0 radical (unpaired) electrons. The SMILES string of the molecule is CC1(C)CC(C)(C)CC2(CC(=O)OC2CS(=O)(=O)F)C1. The van der Waals surface area contributed by atoms with Crippen molar-refractivity contribution >= 4 is 16.2 Å². The van der Waals surface area contributed by atoms with Gasteiger partial charge < -0.3 is 4.74 Å². The summed E-state index contributed by atoms with van der Waals surface area (Å²) in [6, 6.07) is 0. The van der Waals surface area contributed by atoms with Crippen molar-refractivity contribution in [1.82, 2.24) is 0 Å². The van der Waals surface area contributed by atoms with E-state index in [-0.39, 0.29) is 17.3 Å². The normalized spacial score (nSPS) is 31.2. The smallest absolute Gasteiger partial charge is 0.306 e. The van der Waals surface area contributed by atoms with Crippen molar-refractivity contribution in [2.75, 3.05) is 5.75 Å². The molecule has 0 amide bonds. The van der Waals surface area contributed by atoms with Crippen LogP contribution >= 0.6 is 0 Å². The van der Waals surface area contributed by atoms with Crippen LogP contribution in [0.1, 0.15) is 53.4 Å². The summed E-state index contributed by atoms with van der Waals surface area (Å²) in [7, 11) is -4.66. The van der Waals surface area contributed by atoms with E-state index in [1.54, 1.807) is 0 Å². The molecule has 0 aromatic carbocycles. The predicted octanol–water partition coefficient (Wildman–Crippen LogP) is 2.82. The topological polar surface area (TPSA) is 60.4 Å². The van der Waals surface area contributed by atoms with Gasteiger partial charge in [-0.3, -0.25) is 4.79 Å². The quantitative estimate of drug-likeness (QED) is 0.581. The van der Waals surface area contributed by atoms with E-state index in [0.29, 0.717) is 12.8 Å². The van der Waals surface area contributed by atoms with Gasteiger partial charge in [-0.2, -0.15) is 8.42 Å². The van der Waals surface area contributed by atoms with Gasteiger partial charge in [-0.1, -0.05) is 27.7 Å². The van der Waals surface area contributed by atoms with E-state index >= 15 is 0 Å². The van der Waals surface area contributed by atoms with Gasteiger partial charge >= 0.3 is 16.2 Å². The highest BCUT2D eigenvalue weighted by Gasteiger charge is 2.57. The average molecular weight is 306 g/mol. The number of carbonyl (C=O) groups excluding carboxylic acids is 1. The zero-order valence-electron chi connectivity index (χ0n) is 12.5. The van der Waals surface area contributed by atoms with Crippen LogP contribution in [0.25, 0.3) is 0 Å². The molecule has 20 heavy (non-hydrogen) atoms. The maximum absolute atomic E-state index is 13.1. The second kappa shape index (κ2) is 4.42. The van der Waals surface area contributed by atoms with Gasteiger partial charge in [-0.25, -0.2) is 0 Å². The van der Waals surface area contributed by atoms with Gasteiger partial charge in [0.2, 0.25) is 0 Å². The zero-order chi connectivity index (χ0) is 15.4. The van der Waals surface area contributed by atoms with E-state index in [9.17, 15) is 17.1 Å². The van der Waals surface area contributed by atoms with Crippen LogP contribution in [0.5, 0.6) is 0 Å². The van der Waals surface area contributed by atoms with Gasteiger partial charge in [0.15, 0.2) is 0 Å². The summed E-state index contributed by atoms with van der Waals surface area (Å²) in [4.78, 5) is 11.7. The Hall–Kier alpha value is -0.650. The van der Waals surface area contributed by atoms with Crippen LogP contribution in [0.2, 0.25) is 0 Å². The van der Waals surface area contributed by atoms with Gasteiger partial charge in [-0.15, -0.1) is 3.89 Å². The number of rotatable bonds is 2. The molecule has 0 bridgehead atoms. The van der Waals surface area contributed by atoms with Crippen molar-refractivity contribution in [1.29, 1.82) is 0 Å². The van der Waals surface area contributed by atoms with E-state index in [2.05, 4.69) is 27.7 Å². The Morgan fingerprint density at radius 1 is 1.15 bits per heavy atom. The molecule has 2 rings (SSSR count). The molecular weight excluding hydrogens is 283 g/mol. The Labute approximate surface area is 120 Å². The molecule has 116 valence electrons. The summed E-state index contributed by atoms with van der Waals surface area (Å²) in [5, 5.41) is 0. The lowest BCUT2D eigenvalue weighted by molar-refractivity contribution is -0.141. The van der Waals surface area contributed by atoms with Gasteiger partial charge in [-0.05, 0) is 30.1 Å². The molecule has 1 heterocycles. The van der Waals surface area contributed by atoms with Gasteiger partial charge in [0, 0.05) is 5.41 Å². The lowest BCUT2D eigenvalue weighted by Gasteiger charge is -2.51. The Morgan fingerprint density at radius 3 is 2.10 bits per heavy atom. The third kappa shape index (κ3) is 3.32. The number of carbonyl (C=O) groups is 1. The molecule has 6 heteroatoms. The molecule has 1 aliphatic carbocycles. The summed E-state index contributed by atoms with van der Waals surface area (Å²) in [6.45, 7) is 8.44. The second-order valence-corrected chi connectivity index (χ2v) is 9.49. The number of hydrogen-bond acceptors (Lipinski definition) is 4. The van der Waals surface area contributed by atoms with Crippen molar-refractivity contribution in [3.8, 4) is 0 Å². The van der Waals surface area contributed by atoms with Crippen LogP contribution in [0.4, 0.5) is 3.89 Å². The molecule has 1 atom stereocenters. The number of cyclic esters (lactones) is 1. The molecule has 2 fully saturated rings. The second-order valence-electron chi connectivity index (χ2n) is 8.08. The van der Waals surface area contributed by atoms with Gasteiger partial charge in [0.05, 0.1) is 6.42 Å². The number of ether oxygens (including phenoxy) is 1. The molecule has 0 N–H and O–H groups in total. The van der Waals surface area contributed by atoms with Gasteiger partial charge in [0.1, 0.15) is 11.9 Å². The third-order valence-corrected chi connectivity index (χ3v) is 5.12. The predicted molar refractivity (Wildman–Crippen MR) is 73.2 cm³/mol. The first-order valence-corrected chi connectivity index (χ1v) is 8.50. The molecule has 2 aliphatic rings. The lowest BCUT2D eigenvalue weighted by Crippen LogP contribution is -2.47. The molecule has 1 unspecified atom stereocenters. The maximum atomic E-state index is 13.1. The summed E-state index contributed by atoms with van der Waals surface area (Å²) in [5.41, 5.74) is -0.594. The first kappa shape index (κ1) is 15.7. The van der Waals surface area contributed by atoms with Crippen LogP contribution in [-0.2, 0) is 19.8 Å². The zero-order valence-corrected chi connectivity index (χ0v) is 13.3. The monoisotopic (exact) mass is 306 g/mol. The van der Waals surface area contributed by atoms with Crippen molar-refractivity contribution in [2.45, 2.75) is 59.5 Å². The average Bonchev–Trinajstić information content (AvgIpc) is 2.31. The summed E-state index contributed by atoms with van der Waals surface area (Å²) >= 11 is 0. The standard InChI is InChI=1S/C14H23FO4S/c1-12(2)7-13(3,4)9-14(8-12)5-11(16)19-10(14)6-20(15,17)18/h10H,5-9H2,1-4H3. The Kier molecular flexibility index (Phi) is 3.48. The van der Waals surface area contributed by atoms with E-state index < -0.39 is 33.5 Å². The Bertz CT molecular complexity index is 505. The van der Waals surface area contributed by atoms with Crippen LogP contribution in [0.3, 0.4) is 0 Å². The molecule has 1 saturated carbocycles. The van der Waals surface area contributed by atoms with Gasteiger partial charge in [0.25, 0.3) is 0 Å². The molecular formula is C14H23FO4S. The van der Waals surface area contributed by atoms with E-state index in [1.807, 2.05) is 0 Å². The number of hydrogen-bond donors (Lipinski definition) is 0. The van der Waals surface area contributed by atoms with E-state index in [4.69, 9.17) is 4.74 Å². The number of halogens is 1. The molecule has 4 nitrogen and oxygen atoms in total. The van der Waals surface area contributed by atoms with Crippen LogP contribution in [0.15, 0.2) is 0 Å². The molecule has 0 aromatic heterocycles. The number of esters is 1. The maximum Gasteiger partial charge on any atom is 0.306 e. The lowest BCUT2D eigenvalue weighted by atomic mass is 9.53. The van der Waals surface area contributed by atoms with E-state index in [1.165, 1.54) is 0 Å². The summed E-state index contributed by atoms with van der Waals surface area (Å²) in [5.74, 6) is -1.13. The minimum Gasteiger partial charge on any atom is -0.461 e. The third-order valence-electron chi connectivity index (χ3n) is 4.42.